The summed E-state index contributed by atoms with van der Waals surface area (Å²) in [6, 6.07) is 5.80. The van der Waals surface area contributed by atoms with E-state index >= 15 is 0 Å². The number of hydrogen-bond acceptors (Lipinski definition) is 2. The zero-order chi connectivity index (χ0) is 9.68. The van der Waals surface area contributed by atoms with Crippen LogP contribution in [0.15, 0.2) is 24.4 Å². The summed E-state index contributed by atoms with van der Waals surface area (Å²) in [5.41, 5.74) is 6.51. The molecular formula is C9H13N3S. The van der Waals surface area contributed by atoms with Crippen molar-refractivity contribution in [2.75, 3.05) is 6.54 Å². The SMILES string of the molecule is CCN(Cc1ccccn1)C(N)=S. The van der Waals surface area contributed by atoms with Crippen molar-refractivity contribution in [3.8, 4) is 0 Å². The molecule has 0 fully saturated rings. The van der Waals surface area contributed by atoms with Crippen molar-refractivity contribution in [3.63, 3.8) is 0 Å². The van der Waals surface area contributed by atoms with Gasteiger partial charge in [0, 0.05) is 12.7 Å². The van der Waals surface area contributed by atoms with Gasteiger partial charge in [0.05, 0.1) is 12.2 Å². The van der Waals surface area contributed by atoms with Crippen molar-refractivity contribution in [2.24, 2.45) is 5.73 Å². The summed E-state index contributed by atoms with van der Waals surface area (Å²) >= 11 is 4.89. The first-order chi connectivity index (χ1) is 6.24. The van der Waals surface area contributed by atoms with E-state index in [4.69, 9.17) is 18.0 Å². The maximum Gasteiger partial charge on any atom is 0.166 e. The minimum absolute atomic E-state index is 0.424. The van der Waals surface area contributed by atoms with Crippen molar-refractivity contribution in [2.45, 2.75) is 13.5 Å². The second kappa shape index (κ2) is 4.77. The van der Waals surface area contributed by atoms with Gasteiger partial charge in [0.15, 0.2) is 5.11 Å². The monoisotopic (exact) mass is 195 g/mol. The first kappa shape index (κ1) is 9.92. The van der Waals surface area contributed by atoms with Gasteiger partial charge in [0.1, 0.15) is 0 Å². The molecule has 0 atom stereocenters. The van der Waals surface area contributed by atoms with Crippen LogP contribution < -0.4 is 5.73 Å². The molecule has 0 aliphatic heterocycles. The fourth-order valence-corrected chi connectivity index (χ4v) is 1.23. The van der Waals surface area contributed by atoms with Gasteiger partial charge in [0.25, 0.3) is 0 Å². The highest BCUT2D eigenvalue weighted by Crippen LogP contribution is 1.99. The quantitative estimate of drug-likeness (QED) is 0.735. The predicted octanol–water partition coefficient (Wildman–Crippen LogP) is 1.15. The lowest BCUT2D eigenvalue weighted by molar-refractivity contribution is 0.432. The van der Waals surface area contributed by atoms with Crippen LogP contribution in [0, 0.1) is 0 Å². The molecule has 2 N–H and O–H groups in total. The number of rotatable bonds is 3. The number of aromatic nitrogens is 1. The third-order valence-corrected chi connectivity index (χ3v) is 2.03. The van der Waals surface area contributed by atoms with Gasteiger partial charge in [-0.2, -0.15) is 0 Å². The second-order valence-electron chi connectivity index (χ2n) is 2.67. The minimum atomic E-state index is 0.424. The van der Waals surface area contributed by atoms with Gasteiger partial charge >= 0.3 is 0 Å². The Morgan fingerprint density at radius 3 is 2.85 bits per heavy atom. The summed E-state index contributed by atoms with van der Waals surface area (Å²) in [6.07, 6.45) is 1.77. The maximum atomic E-state index is 5.52. The van der Waals surface area contributed by atoms with E-state index in [-0.39, 0.29) is 0 Å². The molecule has 0 amide bonds. The Morgan fingerprint density at radius 2 is 2.38 bits per heavy atom. The first-order valence-corrected chi connectivity index (χ1v) is 4.59. The topological polar surface area (TPSA) is 42.2 Å². The summed E-state index contributed by atoms with van der Waals surface area (Å²) in [7, 11) is 0. The van der Waals surface area contributed by atoms with Crippen LogP contribution in [0.3, 0.4) is 0 Å². The highest BCUT2D eigenvalue weighted by molar-refractivity contribution is 7.80. The Balaban J connectivity index is 2.62. The van der Waals surface area contributed by atoms with Crippen LogP contribution in [-0.4, -0.2) is 21.5 Å². The van der Waals surface area contributed by atoms with Gasteiger partial charge in [-0.1, -0.05) is 6.07 Å². The number of thiocarbonyl (C=S) groups is 1. The Labute approximate surface area is 83.6 Å². The lowest BCUT2D eigenvalue weighted by Gasteiger charge is -2.19. The van der Waals surface area contributed by atoms with Gasteiger partial charge in [-0.25, -0.2) is 0 Å². The Kier molecular flexibility index (Phi) is 3.64. The smallest absolute Gasteiger partial charge is 0.166 e. The van der Waals surface area contributed by atoms with Crippen molar-refractivity contribution in [1.29, 1.82) is 0 Å². The first-order valence-electron chi connectivity index (χ1n) is 4.18. The molecule has 0 bridgehead atoms. The molecule has 0 aromatic carbocycles. The summed E-state index contributed by atoms with van der Waals surface area (Å²) in [5.74, 6) is 0. The van der Waals surface area contributed by atoms with E-state index in [0.29, 0.717) is 11.7 Å². The van der Waals surface area contributed by atoms with E-state index in [0.717, 1.165) is 12.2 Å². The van der Waals surface area contributed by atoms with E-state index in [1.807, 2.05) is 30.0 Å². The van der Waals surface area contributed by atoms with E-state index < -0.39 is 0 Å². The van der Waals surface area contributed by atoms with Gasteiger partial charge in [-0.15, -0.1) is 0 Å². The Morgan fingerprint density at radius 1 is 1.62 bits per heavy atom. The molecular weight excluding hydrogens is 182 g/mol. The van der Waals surface area contributed by atoms with Crippen LogP contribution >= 0.6 is 12.2 Å². The number of nitrogens with zero attached hydrogens (tertiary/aromatic N) is 2. The molecule has 3 nitrogen and oxygen atoms in total. The normalized spacial score (nSPS) is 9.62. The van der Waals surface area contributed by atoms with Crippen molar-refractivity contribution >= 4 is 17.3 Å². The standard InChI is InChI=1S/C9H13N3S/c1-2-12(9(10)13)7-8-5-3-4-6-11-8/h3-6H,2,7H2,1H3,(H2,10,13). The third-order valence-electron chi connectivity index (χ3n) is 1.77. The van der Waals surface area contributed by atoms with Gasteiger partial charge in [-0.3, -0.25) is 4.98 Å². The molecule has 0 unspecified atom stereocenters. The van der Waals surface area contributed by atoms with Crippen LogP contribution in [0.25, 0.3) is 0 Å². The average molecular weight is 195 g/mol. The molecule has 0 spiro atoms. The zero-order valence-electron chi connectivity index (χ0n) is 7.60. The molecule has 1 rings (SSSR count). The fourth-order valence-electron chi connectivity index (χ4n) is 1.03. The highest BCUT2D eigenvalue weighted by atomic mass is 32.1. The molecule has 13 heavy (non-hydrogen) atoms. The van der Waals surface area contributed by atoms with Crippen molar-refractivity contribution in [1.82, 2.24) is 9.88 Å². The van der Waals surface area contributed by atoms with Crippen molar-refractivity contribution < 1.29 is 0 Å². The molecule has 70 valence electrons. The predicted molar refractivity (Wildman–Crippen MR) is 57.1 cm³/mol. The van der Waals surface area contributed by atoms with E-state index in [9.17, 15) is 0 Å². The number of hydrogen-bond donors (Lipinski definition) is 1. The van der Waals surface area contributed by atoms with Crippen LogP contribution in [0.4, 0.5) is 0 Å². The Bertz CT molecular complexity index is 273. The van der Waals surface area contributed by atoms with Crippen LogP contribution in [0.5, 0.6) is 0 Å². The maximum absolute atomic E-state index is 5.52. The molecule has 1 heterocycles. The fraction of sp³-hybridized carbons (Fsp3) is 0.333. The molecule has 4 heteroatoms. The minimum Gasteiger partial charge on any atom is -0.376 e. The van der Waals surface area contributed by atoms with Crippen LogP contribution in [0.1, 0.15) is 12.6 Å². The average Bonchev–Trinajstić information content (AvgIpc) is 2.15. The molecule has 0 aliphatic carbocycles. The molecule has 0 saturated carbocycles. The van der Waals surface area contributed by atoms with Crippen LogP contribution in [-0.2, 0) is 6.54 Å². The van der Waals surface area contributed by atoms with Crippen molar-refractivity contribution in [3.05, 3.63) is 30.1 Å². The van der Waals surface area contributed by atoms with E-state index in [1.165, 1.54) is 0 Å². The Hall–Kier alpha value is -1.16. The largest absolute Gasteiger partial charge is 0.376 e. The highest BCUT2D eigenvalue weighted by Gasteiger charge is 2.04. The summed E-state index contributed by atoms with van der Waals surface area (Å²) in [5, 5.41) is 0.424. The van der Waals surface area contributed by atoms with E-state index in [1.54, 1.807) is 6.20 Å². The molecule has 1 aromatic rings. The molecule has 0 saturated heterocycles. The lowest BCUT2D eigenvalue weighted by Crippen LogP contribution is -2.34. The third kappa shape index (κ3) is 2.99. The van der Waals surface area contributed by atoms with Gasteiger partial charge < -0.3 is 10.6 Å². The van der Waals surface area contributed by atoms with Gasteiger partial charge in [-0.05, 0) is 31.3 Å². The molecule has 0 radical (unpaired) electrons. The lowest BCUT2D eigenvalue weighted by atomic mass is 10.3. The molecule has 1 aromatic heterocycles. The second-order valence-corrected chi connectivity index (χ2v) is 3.09. The summed E-state index contributed by atoms with van der Waals surface area (Å²) in [4.78, 5) is 6.09. The zero-order valence-corrected chi connectivity index (χ0v) is 8.42. The summed E-state index contributed by atoms with van der Waals surface area (Å²) in [6.45, 7) is 3.51. The molecule has 0 aliphatic rings. The van der Waals surface area contributed by atoms with Gasteiger partial charge in [0.2, 0.25) is 0 Å². The van der Waals surface area contributed by atoms with Crippen LogP contribution in [0.2, 0.25) is 0 Å². The summed E-state index contributed by atoms with van der Waals surface area (Å²) < 4.78 is 0. The number of pyridine rings is 1. The number of nitrogens with two attached hydrogens (primary N) is 1. The van der Waals surface area contributed by atoms with E-state index in [2.05, 4.69) is 4.98 Å².